The molecule has 4 N–H and O–H groups in total. The molecule has 0 radical (unpaired) electrons. The normalized spacial score (nSPS) is 12.3. The topological polar surface area (TPSA) is 102 Å². The third-order valence-corrected chi connectivity index (χ3v) is 2.84. The van der Waals surface area contributed by atoms with Crippen LogP contribution in [-0.4, -0.2) is 33.6 Å². The van der Waals surface area contributed by atoms with Crippen LogP contribution in [0.2, 0.25) is 0 Å². The Morgan fingerprint density at radius 2 is 2.11 bits per heavy atom. The Bertz CT molecular complexity index is 633. The van der Waals surface area contributed by atoms with E-state index in [-0.39, 0.29) is 18.2 Å². The summed E-state index contributed by atoms with van der Waals surface area (Å²) in [7, 11) is 0. The second-order valence-electron chi connectivity index (χ2n) is 4.40. The van der Waals surface area contributed by atoms with E-state index in [0.29, 0.717) is 5.69 Å². The van der Waals surface area contributed by atoms with Gasteiger partial charge in [-0.3, -0.25) is 9.59 Å². The number of aromatic nitrogens is 1. The van der Waals surface area contributed by atoms with Crippen molar-refractivity contribution in [3.05, 3.63) is 30.0 Å². The summed E-state index contributed by atoms with van der Waals surface area (Å²) in [5.74, 6) is -1.85. The Labute approximate surface area is 109 Å². The maximum Gasteiger partial charge on any atom is 0.308 e. The van der Waals surface area contributed by atoms with E-state index in [4.69, 9.17) is 5.11 Å². The van der Waals surface area contributed by atoms with E-state index in [1.54, 1.807) is 18.2 Å². The minimum absolute atomic E-state index is 0.0643. The highest BCUT2D eigenvalue weighted by Gasteiger charge is 2.14. The number of carbonyl (C=O) groups excluding carboxylic acids is 1. The quantitative estimate of drug-likeness (QED) is 0.667. The molecule has 1 amide bonds. The van der Waals surface area contributed by atoms with Gasteiger partial charge in [-0.2, -0.15) is 0 Å². The van der Waals surface area contributed by atoms with Crippen molar-refractivity contribution in [3.8, 4) is 5.75 Å². The number of hydrogen-bond donors (Lipinski definition) is 4. The molecule has 0 saturated carbocycles. The van der Waals surface area contributed by atoms with E-state index in [1.165, 1.54) is 13.0 Å². The Balaban J connectivity index is 2.11. The minimum Gasteiger partial charge on any atom is -0.508 e. The predicted molar refractivity (Wildman–Crippen MR) is 69.1 cm³/mol. The fourth-order valence-corrected chi connectivity index (χ4v) is 1.67. The molecule has 6 nitrogen and oxygen atoms in total. The number of phenols is 1. The lowest BCUT2D eigenvalue weighted by Crippen LogP contribution is -2.31. The number of nitrogens with one attached hydrogen (secondary N) is 2. The van der Waals surface area contributed by atoms with Crippen LogP contribution in [-0.2, 0) is 4.79 Å². The van der Waals surface area contributed by atoms with E-state index in [0.717, 1.165) is 10.9 Å². The van der Waals surface area contributed by atoms with Gasteiger partial charge in [0.15, 0.2) is 0 Å². The zero-order valence-electron chi connectivity index (χ0n) is 10.3. The number of carboxylic acids is 1. The Hall–Kier alpha value is -2.50. The molecule has 1 aromatic heterocycles. The number of aliphatic carboxylic acids is 1. The van der Waals surface area contributed by atoms with Gasteiger partial charge in [0.25, 0.3) is 5.91 Å². The van der Waals surface area contributed by atoms with Crippen LogP contribution in [0.5, 0.6) is 5.75 Å². The van der Waals surface area contributed by atoms with Gasteiger partial charge in [0.2, 0.25) is 0 Å². The SMILES string of the molecule is CC(CNC(=O)c1cc2cc(O)ccc2[nH]1)C(=O)O. The summed E-state index contributed by atoms with van der Waals surface area (Å²) >= 11 is 0. The van der Waals surface area contributed by atoms with E-state index >= 15 is 0 Å². The van der Waals surface area contributed by atoms with Gasteiger partial charge in [-0.15, -0.1) is 0 Å². The van der Waals surface area contributed by atoms with Crippen molar-refractivity contribution < 1.29 is 19.8 Å². The second kappa shape index (κ2) is 5.01. The molecule has 2 aromatic rings. The number of H-pyrrole nitrogens is 1. The molecular weight excluding hydrogens is 248 g/mol. The first kappa shape index (κ1) is 12.9. The zero-order valence-corrected chi connectivity index (χ0v) is 10.3. The van der Waals surface area contributed by atoms with Crippen LogP contribution in [0.3, 0.4) is 0 Å². The maximum atomic E-state index is 11.8. The summed E-state index contributed by atoms with van der Waals surface area (Å²) in [4.78, 5) is 25.4. The molecule has 1 heterocycles. The van der Waals surface area contributed by atoms with Gasteiger partial charge < -0.3 is 20.5 Å². The molecule has 0 aliphatic rings. The molecule has 0 aliphatic carbocycles. The van der Waals surface area contributed by atoms with E-state index in [2.05, 4.69) is 10.3 Å². The Morgan fingerprint density at radius 3 is 2.79 bits per heavy atom. The summed E-state index contributed by atoms with van der Waals surface area (Å²) in [6.45, 7) is 1.58. The molecule has 0 fully saturated rings. The number of aromatic amines is 1. The first-order valence-corrected chi connectivity index (χ1v) is 5.80. The summed E-state index contributed by atoms with van der Waals surface area (Å²) in [5, 5.41) is 21.3. The number of rotatable bonds is 4. The zero-order chi connectivity index (χ0) is 14.0. The highest BCUT2D eigenvalue weighted by molar-refractivity contribution is 5.98. The number of fused-ring (bicyclic) bond motifs is 1. The van der Waals surface area contributed by atoms with Gasteiger partial charge in [-0.05, 0) is 24.3 Å². The molecular formula is C13H14N2O4. The van der Waals surface area contributed by atoms with Gasteiger partial charge in [0.05, 0.1) is 5.92 Å². The fourth-order valence-electron chi connectivity index (χ4n) is 1.67. The lowest BCUT2D eigenvalue weighted by molar-refractivity contribution is -0.140. The van der Waals surface area contributed by atoms with Crippen LogP contribution in [0.25, 0.3) is 10.9 Å². The number of carbonyl (C=O) groups is 2. The number of phenolic OH excluding ortho intramolecular Hbond substituents is 1. The predicted octanol–water partition coefficient (Wildman–Crippen LogP) is 1.32. The average molecular weight is 262 g/mol. The first-order valence-electron chi connectivity index (χ1n) is 5.80. The molecule has 1 unspecified atom stereocenters. The molecule has 1 atom stereocenters. The van der Waals surface area contributed by atoms with Crippen molar-refractivity contribution in [2.45, 2.75) is 6.92 Å². The fraction of sp³-hybridized carbons (Fsp3) is 0.231. The summed E-state index contributed by atoms with van der Waals surface area (Å²) < 4.78 is 0. The lowest BCUT2D eigenvalue weighted by Gasteiger charge is -2.06. The number of carboxylic acid groups (broad SMARTS) is 1. The van der Waals surface area contributed by atoms with Crippen molar-refractivity contribution in [1.29, 1.82) is 0 Å². The Morgan fingerprint density at radius 1 is 1.37 bits per heavy atom. The van der Waals surface area contributed by atoms with Crippen molar-refractivity contribution >= 4 is 22.8 Å². The van der Waals surface area contributed by atoms with Crippen LogP contribution >= 0.6 is 0 Å². The van der Waals surface area contributed by atoms with Gasteiger partial charge >= 0.3 is 5.97 Å². The molecule has 6 heteroatoms. The standard InChI is InChI=1S/C13H14N2O4/c1-7(13(18)19)6-14-12(17)11-5-8-4-9(16)2-3-10(8)15-11/h2-5,7,15-16H,6H2,1H3,(H,14,17)(H,18,19). The molecule has 19 heavy (non-hydrogen) atoms. The highest BCUT2D eigenvalue weighted by atomic mass is 16.4. The molecule has 100 valence electrons. The van der Waals surface area contributed by atoms with E-state index in [1.807, 2.05) is 0 Å². The smallest absolute Gasteiger partial charge is 0.308 e. The molecule has 0 saturated heterocycles. The monoisotopic (exact) mass is 262 g/mol. The molecule has 0 spiro atoms. The van der Waals surface area contributed by atoms with Crippen molar-refractivity contribution in [2.75, 3.05) is 6.54 Å². The molecule has 2 rings (SSSR count). The summed E-state index contributed by atoms with van der Waals surface area (Å²) in [6, 6.07) is 6.34. The van der Waals surface area contributed by atoms with Crippen LogP contribution in [0.15, 0.2) is 24.3 Å². The number of aromatic hydroxyl groups is 1. The minimum atomic E-state index is -0.957. The van der Waals surface area contributed by atoms with Crippen LogP contribution in [0, 0.1) is 5.92 Å². The molecule has 0 bridgehead atoms. The number of hydrogen-bond acceptors (Lipinski definition) is 3. The van der Waals surface area contributed by atoms with Crippen molar-refractivity contribution in [2.24, 2.45) is 5.92 Å². The summed E-state index contributed by atoms with van der Waals surface area (Å²) in [6.07, 6.45) is 0. The number of benzene rings is 1. The third kappa shape index (κ3) is 2.85. The van der Waals surface area contributed by atoms with Crippen LogP contribution in [0.4, 0.5) is 0 Å². The maximum absolute atomic E-state index is 11.8. The van der Waals surface area contributed by atoms with Crippen LogP contribution in [0.1, 0.15) is 17.4 Å². The lowest BCUT2D eigenvalue weighted by atomic mass is 10.2. The van der Waals surface area contributed by atoms with Gasteiger partial charge in [0, 0.05) is 17.4 Å². The largest absolute Gasteiger partial charge is 0.508 e. The number of amides is 1. The van der Waals surface area contributed by atoms with E-state index in [9.17, 15) is 14.7 Å². The van der Waals surface area contributed by atoms with Gasteiger partial charge in [-0.25, -0.2) is 0 Å². The Kier molecular flexibility index (Phi) is 3.41. The van der Waals surface area contributed by atoms with E-state index < -0.39 is 11.9 Å². The second-order valence-corrected chi connectivity index (χ2v) is 4.40. The van der Waals surface area contributed by atoms with Gasteiger partial charge in [-0.1, -0.05) is 6.92 Å². The highest BCUT2D eigenvalue weighted by Crippen LogP contribution is 2.20. The van der Waals surface area contributed by atoms with Crippen molar-refractivity contribution in [1.82, 2.24) is 10.3 Å². The van der Waals surface area contributed by atoms with Crippen molar-refractivity contribution in [3.63, 3.8) is 0 Å². The average Bonchev–Trinajstić information content (AvgIpc) is 2.78. The molecule has 0 aliphatic heterocycles. The summed E-state index contributed by atoms with van der Waals surface area (Å²) in [5.41, 5.74) is 1.06. The molecule has 1 aromatic carbocycles. The third-order valence-electron chi connectivity index (χ3n) is 2.84. The van der Waals surface area contributed by atoms with Gasteiger partial charge in [0.1, 0.15) is 11.4 Å². The van der Waals surface area contributed by atoms with Crippen LogP contribution < -0.4 is 5.32 Å². The first-order chi connectivity index (χ1) is 8.97.